The highest BCUT2D eigenvalue weighted by atomic mass is 35.5. The first-order chi connectivity index (χ1) is 14.7. The average Bonchev–Trinajstić information content (AvgIpc) is 3.23. The first-order valence-electron chi connectivity index (χ1n) is 10.6. The van der Waals surface area contributed by atoms with Crippen LogP contribution in [0.3, 0.4) is 0 Å². The summed E-state index contributed by atoms with van der Waals surface area (Å²) in [4.78, 5) is 2.51. The molecule has 1 saturated heterocycles. The average molecular weight is 424 g/mol. The van der Waals surface area contributed by atoms with Crippen molar-refractivity contribution in [1.82, 2.24) is 4.90 Å². The Morgan fingerprint density at radius 3 is 2.37 bits per heavy atom. The van der Waals surface area contributed by atoms with Gasteiger partial charge >= 0.3 is 0 Å². The van der Waals surface area contributed by atoms with E-state index in [9.17, 15) is 4.39 Å². The van der Waals surface area contributed by atoms with Gasteiger partial charge in [-0.05, 0) is 66.8 Å². The molecule has 2 nitrogen and oxygen atoms in total. The van der Waals surface area contributed by atoms with Crippen LogP contribution in [0.4, 0.5) is 4.39 Å². The molecule has 156 valence electrons. The van der Waals surface area contributed by atoms with E-state index in [-0.39, 0.29) is 11.9 Å². The second kappa shape index (κ2) is 10.2. The van der Waals surface area contributed by atoms with Gasteiger partial charge in [-0.25, -0.2) is 4.39 Å². The van der Waals surface area contributed by atoms with E-state index in [1.54, 1.807) is 0 Å². The van der Waals surface area contributed by atoms with Crippen molar-refractivity contribution in [3.63, 3.8) is 0 Å². The van der Waals surface area contributed by atoms with Gasteiger partial charge in [-0.15, -0.1) is 0 Å². The summed E-state index contributed by atoms with van der Waals surface area (Å²) >= 11 is 6.09. The van der Waals surface area contributed by atoms with Crippen LogP contribution in [0, 0.1) is 5.82 Å². The lowest BCUT2D eigenvalue weighted by molar-refractivity contribution is 0.0381. The number of ether oxygens (including phenoxy) is 1. The van der Waals surface area contributed by atoms with Crippen LogP contribution in [0.5, 0.6) is 0 Å². The Labute approximate surface area is 183 Å². The van der Waals surface area contributed by atoms with E-state index in [0.29, 0.717) is 12.6 Å². The molecular weight excluding hydrogens is 397 g/mol. The molecule has 1 fully saturated rings. The van der Waals surface area contributed by atoms with E-state index in [4.69, 9.17) is 16.3 Å². The third kappa shape index (κ3) is 5.48. The Morgan fingerprint density at radius 2 is 1.63 bits per heavy atom. The molecule has 4 rings (SSSR count). The molecule has 4 heteroatoms. The van der Waals surface area contributed by atoms with E-state index < -0.39 is 0 Å². The molecule has 0 radical (unpaired) electrons. The highest BCUT2D eigenvalue weighted by molar-refractivity contribution is 6.30. The molecule has 0 amide bonds. The lowest BCUT2D eigenvalue weighted by Gasteiger charge is -2.27. The molecule has 0 bridgehead atoms. The minimum absolute atomic E-state index is 0.108. The van der Waals surface area contributed by atoms with Crippen LogP contribution >= 0.6 is 11.6 Å². The molecule has 2 atom stereocenters. The summed E-state index contributed by atoms with van der Waals surface area (Å²) in [6.45, 7) is 2.74. The van der Waals surface area contributed by atoms with Gasteiger partial charge in [0.15, 0.2) is 0 Å². The fourth-order valence-corrected chi connectivity index (χ4v) is 4.29. The van der Waals surface area contributed by atoms with Gasteiger partial charge in [0.05, 0.1) is 6.61 Å². The number of rotatable bonds is 8. The van der Waals surface area contributed by atoms with Gasteiger partial charge in [-0.3, -0.25) is 4.90 Å². The van der Waals surface area contributed by atoms with Crippen LogP contribution in [-0.4, -0.2) is 30.6 Å². The SMILES string of the molecule is Fc1ccc(CCN2CCCC2COC(c2ccccc2)c2ccc(Cl)cc2)cc1. The molecule has 3 aromatic rings. The smallest absolute Gasteiger partial charge is 0.123 e. The lowest BCUT2D eigenvalue weighted by Crippen LogP contribution is -2.35. The highest BCUT2D eigenvalue weighted by Crippen LogP contribution is 2.29. The topological polar surface area (TPSA) is 12.5 Å². The van der Waals surface area contributed by atoms with Gasteiger partial charge in [0.2, 0.25) is 0 Å². The van der Waals surface area contributed by atoms with Gasteiger partial charge in [0.1, 0.15) is 11.9 Å². The monoisotopic (exact) mass is 423 g/mol. The van der Waals surface area contributed by atoms with Crippen molar-refractivity contribution in [3.05, 3.63) is 106 Å². The largest absolute Gasteiger partial charge is 0.367 e. The van der Waals surface area contributed by atoms with Crippen molar-refractivity contribution < 1.29 is 9.13 Å². The van der Waals surface area contributed by atoms with Crippen LogP contribution in [0.2, 0.25) is 5.02 Å². The Kier molecular flexibility index (Phi) is 7.16. The van der Waals surface area contributed by atoms with Crippen molar-refractivity contribution in [2.45, 2.75) is 31.4 Å². The number of hydrogen-bond donors (Lipinski definition) is 0. The lowest BCUT2D eigenvalue weighted by atomic mass is 10.0. The number of benzene rings is 3. The molecule has 0 aliphatic carbocycles. The minimum Gasteiger partial charge on any atom is -0.367 e. The van der Waals surface area contributed by atoms with Crippen LogP contribution in [0.1, 0.15) is 35.6 Å². The summed E-state index contributed by atoms with van der Waals surface area (Å²) < 4.78 is 19.6. The third-order valence-electron chi connectivity index (χ3n) is 5.83. The van der Waals surface area contributed by atoms with Crippen molar-refractivity contribution in [2.75, 3.05) is 19.7 Å². The normalized spacial score (nSPS) is 17.9. The fraction of sp³-hybridized carbons (Fsp3) is 0.308. The predicted octanol–water partition coefficient (Wildman–Crippen LogP) is 6.29. The summed E-state index contributed by atoms with van der Waals surface area (Å²) in [5.41, 5.74) is 3.43. The third-order valence-corrected chi connectivity index (χ3v) is 6.08. The van der Waals surface area contributed by atoms with Crippen molar-refractivity contribution >= 4 is 11.6 Å². The van der Waals surface area contributed by atoms with Gasteiger partial charge < -0.3 is 4.74 Å². The summed E-state index contributed by atoms with van der Waals surface area (Å²) in [6, 6.07) is 25.5. The van der Waals surface area contributed by atoms with Crippen molar-refractivity contribution in [2.24, 2.45) is 0 Å². The molecule has 30 heavy (non-hydrogen) atoms. The molecule has 3 aromatic carbocycles. The zero-order valence-corrected chi connectivity index (χ0v) is 17.8. The van der Waals surface area contributed by atoms with Crippen molar-refractivity contribution in [1.29, 1.82) is 0 Å². The Balaban J connectivity index is 1.40. The van der Waals surface area contributed by atoms with E-state index in [0.717, 1.165) is 42.1 Å². The molecule has 0 saturated carbocycles. The van der Waals surface area contributed by atoms with Crippen molar-refractivity contribution in [3.8, 4) is 0 Å². The van der Waals surface area contributed by atoms with Gasteiger partial charge in [-0.2, -0.15) is 0 Å². The van der Waals surface area contributed by atoms with Crippen LogP contribution < -0.4 is 0 Å². The second-order valence-corrected chi connectivity index (χ2v) is 8.32. The quantitative estimate of drug-likeness (QED) is 0.422. The highest BCUT2D eigenvalue weighted by Gasteiger charge is 2.26. The Hall–Kier alpha value is -2.20. The molecule has 1 heterocycles. The molecule has 1 aliphatic heterocycles. The summed E-state index contributed by atoms with van der Waals surface area (Å²) in [5.74, 6) is -0.180. The molecule has 0 aromatic heterocycles. The first-order valence-corrected chi connectivity index (χ1v) is 11.0. The van der Waals surface area contributed by atoms with E-state index in [1.807, 2.05) is 54.6 Å². The molecular formula is C26H27ClFNO. The maximum atomic E-state index is 13.1. The van der Waals surface area contributed by atoms with Crippen LogP contribution in [0.25, 0.3) is 0 Å². The maximum absolute atomic E-state index is 13.1. The molecule has 0 spiro atoms. The number of likely N-dealkylation sites (tertiary alicyclic amines) is 1. The Morgan fingerprint density at radius 1 is 0.933 bits per heavy atom. The van der Waals surface area contributed by atoms with Gasteiger partial charge in [0.25, 0.3) is 0 Å². The van der Waals surface area contributed by atoms with Gasteiger partial charge in [0, 0.05) is 17.6 Å². The first kappa shape index (κ1) is 21.0. The predicted molar refractivity (Wildman–Crippen MR) is 120 cm³/mol. The zero-order chi connectivity index (χ0) is 20.8. The number of nitrogens with zero attached hydrogens (tertiary/aromatic N) is 1. The number of hydrogen-bond acceptors (Lipinski definition) is 2. The fourth-order valence-electron chi connectivity index (χ4n) is 4.16. The second-order valence-electron chi connectivity index (χ2n) is 7.88. The molecule has 2 unspecified atom stereocenters. The van der Waals surface area contributed by atoms with Crippen LogP contribution in [0.15, 0.2) is 78.9 Å². The van der Waals surface area contributed by atoms with E-state index >= 15 is 0 Å². The van der Waals surface area contributed by atoms with Crippen LogP contribution in [-0.2, 0) is 11.2 Å². The minimum atomic E-state index is -0.180. The maximum Gasteiger partial charge on any atom is 0.123 e. The summed E-state index contributed by atoms with van der Waals surface area (Å²) in [6.07, 6.45) is 3.15. The zero-order valence-electron chi connectivity index (χ0n) is 17.0. The molecule has 0 N–H and O–H groups in total. The van der Waals surface area contributed by atoms with E-state index in [1.165, 1.54) is 24.1 Å². The standard InChI is InChI=1S/C26H27ClFNO/c27-23-12-10-22(11-13-23)26(21-5-2-1-3-6-21)30-19-25-7-4-17-29(25)18-16-20-8-14-24(28)15-9-20/h1-3,5-6,8-15,25-26H,4,7,16-19H2. The number of halogens is 2. The summed E-state index contributed by atoms with van der Waals surface area (Å²) in [5, 5.41) is 0.730. The van der Waals surface area contributed by atoms with Gasteiger partial charge in [-0.1, -0.05) is 66.2 Å². The van der Waals surface area contributed by atoms with E-state index in [2.05, 4.69) is 17.0 Å². The Bertz CT molecular complexity index is 914. The summed E-state index contributed by atoms with van der Waals surface area (Å²) in [7, 11) is 0. The molecule has 1 aliphatic rings.